The van der Waals surface area contributed by atoms with Crippen LogP contribution in [0.15, 0.2) is 30.3 Å². The van der Waals surface area contributed by atoms with Crippen molar-refractivity contribution in [1.82, 2.24) is 10.2 Å². The first kappa shape index (κ1) is 18.0. The van der Waals surface area contributed by atoms with E-state index in [4.69, 9.17) is 4.74 Å². The van der Waals surface area contributed by atoms with Crippen LogP contribution in [0, 0.1) is 5.92 Å². The molecule has 1 aromatic carbocycles. The Morgan fingerprint density at radius 3 is 2.78 bits per heavy atom. The van der Waals surface area contributed by atoms with E-state index in [2.05, 4.69) is 41.4 Å². The van der Waals surface area contributed by atoms with E-state index in [1.807, 2.05) is 6.07 Å². The van der Waals surface area contributed by atoms with Gasteiger partial charge in [0.2, 0.25) is 0 Å². The molecule has 1 N–H and O–H groups in total. The van der Waals surface area contributed by atoms with Crippen LogP contribution < -0.4 is 5.32 Å². The average Bonchev–Trinajstić information content (AvgIpc) is 2.59. The summed E-state index contributed by atoms with van der Waals surface area (Å²) in [7, 11) is 1.48. The van der Waals surface area contributed by atoms with E-state index in [1.165, 1.54) is 25.5 Å². The number of piperidine rings is 1. The average molecular weight is 318 g/mol. The number of likely N-dealkylation sites (tertiary alicyclic amines) is 1. The summed E-state index contributed by atoms with van der Waals surface area (Å²) < 4.78 is 4.86. The van der Waals surface area contributed by atoms with Gasteiger partial charge in [0, 0.05) is 32.1 Å². The van der Waals surface area contributed by atoms with Crippen LogP contribution in [0.4, 0.5) is 0 Å². The number of benzene rings is 1. The van der Waals surface area contributed by atoms with Gasteiger partial charge < -0.3 is 15.0 Å². The van der Waals surface area contributed by atoms with Gasteiger partial charge in [0.15, 0.2) is 0 Å². The normalized spacial score (nSPS) is 22.0. The molecule has 0 radical (unpaired) electrons. The maximum atomic E-state index is 11.6. The summed E-state index contributed by atoms with van der Waals surface area (Å²) in [5, 5.41) is 3.67. The van der Waals surface area contributed by atoms with Crippen LogP contribution in [-0.2, 0) is 16.1 Å². The van der Waals surface area contributed by atoms with Crippen LogP contribution in [-0.4, -0.2) is 43.7 Å². The topological polar surface area (TPSA) is 41.6 Å². The Balaban J connectivity index is 1.89. The first-order valence-electron chi connectivity index (χ1n) is 8.77. The molecule has 4 nitrogen and oxygen atoms in total. The van der Waals surface area contributed by atoms with Crippen molar-refractivity contribution >= 4 is 5.97 Å². The number of methoxy groups -OCH3 is 1. The number of esters is 1. The van der Waals surface area contributed by atoms with Gasteiger partial charge in [0.25, 0.3) is 0 Å². The summed E-state index contributed by atoms with van der Waals surface area (Å²) in [5.74, 6) is 0.301. The summed E-state index contributed by atoms with van der Waals surface area (Å²) in [6, 6.07) is 10.9. The number of ether oxygens (including phenoxy) is 1. The quantitative estimate of drug-likeness (QED) is 0.748. The summed E-state index contributed by atoms with van der Waals surface area (Å²) in [6.45, 7) is 6.32. The van der Waals surface area contributed by atoms with Crippen molar-refractivity contribution < 1.29 is 9.53 Å². The van der Waals surface area contributed by atoms with Gasteiger partial charge in [-0.3, -0.25) is 4.79 Å². The molecule has 0 amide bonds. The predicted octanol–water partition coefficient (Wildman–Crippen LogP) is 2.83. The summed E-state index contributed by atoms with van der Waals surface area (Å²) in [4.78, 5) is 14.1. The number of hydrogen-bond donors (Lipinski definition) is 1. The molecule has 0 spiro atoms. The second-order valence-electron chi connectivity index (χ2n) is 6.56. The zero-order chi connectivity index (χ0) is 16.5. The lowest BCUT2D eigenvalue weighted by molar-refractivity contribution is -0.142. The molecule has 1 aliphatic heterocycles. The van der Waals surface area contributed by atoms with Gasteiger partial charge in [-0.15, -0.1) is 0 Å². The maximum absolute atomic E-state index is 11.6. The SMILES string of the molecule is CCCCN1CC(CC(=O)OC)CC(NCc2ccccc2)C1. The molecule has 1 fully saturated rings. The number of rotatable bonds is 8. The zero-order valence-corrected chi connectivity index (χ0v) is 14.5. The van der Waals surface area contributed by atoms with Gasteiger partial charge in [-0.1, -0.05) is 43.7 Å². The van der Waals surface area contributed by atoms with Crippen LogP contribution in [0.2, 0.25) is 0 Å². The molecule has 23 heavy (non-hydrogen) atoms. The van der Waals surface area contributed by atoms with E-state index >= 15 is 0 Å². The van der Waals surface area contributed by atoms with Crippen LogP contribution in [0.3, 0.4) is 0 Å². The van der Waals surface area contributed by atoms with Gasteiger partial charge in [0.1, 0.15) is 0 Å². The monoisotopic (exact) mass is 318 g/mol. The molecule has 128 valence electrons. The van der Waals surface area contributed by atoms with Crippen molar-refractivity contribution in [1.29, 1.82) is 0 Å². The Morgan fingerprint density at radius 1 is 1.30 bits per heavy atom. The van der Waals surface area contributed by atoms with Crippen LogP contribution >= 0.6 is 0 Å². The van der Waals surface area contributed by atoms with Crippen molar-refractivity contribution in [2.24, 2.45) is 5.92 Å². The fraction of sp³-hybridized carbons (Fsp3) is 0.632. The highest BCUT2D eigenvalue weighted by Crippen LogP contribution is 2.21. The van der Waals surface area contributed by atoms with E-state index in [0.717, 1.165) is 32.6 Å². The minimum atomic E-state index is -0.0887. The van der Waals surface area contributed by atoms with E-state index in [0.29, 0.717) is 18.4 Å². The molecule has 2 atom stereocenters. The number of carbonyl (C=O) groups is 1. The van der Waals surface area contributed by atoms with Crippen molar-refractivity contribution in [3.05, 3.63) is 35.9 Å². The molecule has 2 rings (SSSR count). The van der Waals surface area contributed by atoms with E-state index in [1.54, 1.807) is 0 Å². The molecule has 1 saturated heterocycles. The van der Waals surface area contributed by atoms with Gasteiger partial charge in [-0.2, -0.15) is 0 Å². The second kappa shape index (κ2) is 9.68. The highest BCUT2D eigenvalue weighted by atomic mass is 16.5. The number of hydrogen-bond acceptors (Lipinski definition) is 4. The molecule has 4 heteroatoms. The minimum Gasteiger partial charge on any atom is -0.469 e. The second-order valence-corrected chi connectivity index (χ2v) is 6.56. The van der Waals surface area contributed by atoms with Crippen molar-refractivity contribution in [2.45, 2.75) is 45.2 Å². The third kappa shape index (κ3) is 6.32. The molecular weight excluding hydrogens is 288 g/mol. The predicted molar refractivity (Wildman–Crippen MR) is 93.2 cm³/mol. The highest BCUT2D eigenvalue weighted by Gasteiger charge is 2.28. The Bertz CT molecular complexity index is 464. The summed E-state index contributed by atoms with van der Waals surface area (Å²) >= 11 is 0. The molecule has 0 aromatic heterocycles. The van der Waals surface area contributed by atoms with Gasteiger partial charge in [-0.25, -0.2) is 0 Å². The first-order valence-corrected chi connectivity index (χ1v) is 8.77. The van der Waals surface area contributed by atoms with E-state index in [9.17, 15) is 4.79 Å². The minimum absolute atomic E-state index is 0.0887. The van der Waals surface area contributed by atoms with Gasteiger partial charge >= 0.3 is 5.97 Å². The van der Waals surface area contributed by atoms with Gasteiger partial charge in [-0.05, 0) is 30.9 Å². The zero-order valence-electron chi connectivity index (χ0n) is 14.5. The Hall–Kier alpha value is -1.39. The van der Waals surface area contributed by atoms with Crippen molar-refractivity contribution in [3.8, 4) is 0 Å². The number of carbonyl (C=O) groups excluding carboxylic acids is 1. The lowest BCUT2D eigenvalue weighted by atomic mass is 9.91. The summed E-state index contributed by atoms with van der Waals surface area (Å²) in [6.07, 6.45) is 4.00. The molecule has 1 aliphatic rings. The fourth-order valence-corrected chi connectivity index (χ4v) is 3.34. The molecule has 2 unspecified atom stereocenters. The fourth-order valence-electron chi connectivity index (χ4n) is 3.34. The van der Waals surface area contributed by atoms with E-state index < -0.39 is 0 Å². The summed E-state index contributed by atoms with van der Waals surface area (Å²) in [5.41, 5.74) is 1.31. The lowest BCUT2D eigenvalue weighted by Crippen LogP contribution is -2.49. The van der Waals surface area contributed by atoms with Crippen molar-refractivity contribution in [2.75, 3.05) is 26.7 Å². The number of nitrogens with zero attached hydrogens (tertiary/aromatic N) is 1. The van der Waals surface area contributed by atoms with Crippen molar-refractivity contribution in [3.63, 3.8) is 0 Å². The molecule has 0 aliphatic carbocycles. The highest BCUT2D eigenvalue weighted by molar-refractivity contribution is 5.69. The molecule has 1 heterocycles. The molecule has 1 aromatic rings. The number of unbranched alkanes of at least 4 members (excludes halogenated alkanes) is 1. The Labute approximate surface area is 140 Å². The third-order valence-corrected chi connectivity index (χ3v) is 4.56. The van der Waals surface area contributed by atoms with Gasteiger partial charge in [0.05, 0.1) is 7.11 Å². The first-order chi connectivity index (χ1) is 11.2. The van der Waals surface area contributed by atoms with E-state index in [-0.39, 0.29) is 5.97 Å². The Kier molecular flexibility index (Phi) is 7.56. The maximum Gasteiger partial charge on any atom is 0.305 e. The van der Waals surface area contributed by atoms with Crippen LogP contribution in [0.5, 0.6) is 0 Å². The largest absolute Gasteiger partial charge is 0.469 e. The molecule has 0 bridgehead atoms. The Morgan fingerprint density at radius 2 is 2.09 bits per heavy atom. The standard InChI is InChI=1S/C19H30N2O2/c1-3-4-10-21-14-17(12-19(22)23-2)11-18(15-21)20-13-16-8-6-5-7-9-16/h5-9,17-18,20H,3-4,10-15H2,1-2H3. The lowest BCUT2D eigenvalue weighted by Gasteiger charge is -2.38. The smallest absolute Gasteiger partial charge is 0.305 e. The molecule has 0 saturated carbocycles. The van der Waals surface area contributed by atoms with Crippen LogP contribution in [0.1, 0.15) is 38.2 Å². The third-order valence-electron chi connectivity index (χ3n) is 4.56. The van der Waals surface area contributed by atoms with Crippen LogP contribution in [0.25, 0.3) is 0 Å². The number of nitrogens with one attached hydrogen (secondary N) is 1. The molecular formula is C19H30N2O2.